The summed E-state index contributed by atoms with van der Waals surface area (Å²) in [6.07, 6.45) is 27.4. The Bertz CT molecular complexity index is 1350. The second kappa shape index (κ2) is 23.1. The third-order valence-corrected chi connectivity index (χ3v) is 13.4. The van der Waals surface area contributed by atoms with Crippen molar-refractivity contribution in [1.29, 1.82) is 0 Å². The second-order valence-electron chi connectivity index (χ2n) is 18.1. The summed E-state index contributed by atoms with van der Waals surface area (Å²) in [5.74, 6) is -0.378. The van der Waals surface area contributed by atoms with Gasteiger partial charge in [0.2, 0.25) is 17.4 Å². The zero-order chi connectivity index (χ0) is 41.4. The summed E-state index contributed by atoms with van der Waals surface area (Å²) in [6, 6.07) is 0.0462. The third kappa shape index (κ3) is 12.4. The summed E-state index contributed by atoms with van der Waals surface area (Å²) in [5.41, 5.74) is 8.22. The van der Waals surface area contributed by atoms with E-state index in [1.165, 1.54) is 44.9 Å². The van der Waals surface area contributed by atoms with E-state index in [1.807, 2.05) is 4.58 Å². The fraction of sp³-hybridized carbons (Fsp3) is 0.889. The lowest BCUT2D eigenvalue weighted by atomic mass is 9.78. The highest BCUT2D eigenvalue weighted by molar-refractivity contribution is 5.82. The first kappa shape index (κ1) is 46.8. The van der Waals surface area contributed by atoms with Gasteiger partial charge in [-0.3, -0.25) is 9.59 Å². The monoisotopic (exact) mass is 818 g/mol. The molecule has 2 saturated heterocycles. The molecular weight excluding hydrogens is 737 g/mol. The van der Waals surface area contributed by atoms with Crippen molar-refractivity contribution in [2.45, 2.75) is 216 Å². The number of esters is 1. The SMILES string of the molecule is CC[C@@H]1C=CCC[C@]2(C[C@H]3CC[C@@]4(O)[C@@H](C(=O)OCCCCCCCCCCCCCCCC(=O)N(CCCN)CC(O)CCN)[C@@]5(CCC[C@H](C)O5)NC(=[N+]34)N2)O1. The number of rotatable bonds is 25. The van der Waals surface area contributed by atoms with Crippen LogP contribution in [0.4, 0.5) is 0 Å². The van der Waals surface area contributed by atoms with Gasteiger partial charge < -0.3 is 40.8 Å². The van der Waals surface area contributed by atoms with Gasteiger partial charge in [-0.05, 0) is 77.8 Å². The number of amides is 1. The molecule has 0 aromatic heterocycles. The third-order valence-electron chi connectivity index (χ3n) is 13.4. The van der Waals surface area contributed by atoms with Gasteiger partial charge in [-0.25, -0.2) is 15.2 Å². The zero-order valence-electron chi connectivity index (χ0n) is 36.2. The molecule has 5 heterocycles. The summed E-state index contributed by atoms with van der Waals surface area (Å²) in [4.78, 5) is 28.6. The van der Waals surface area contributed by atoms with Crippen LogP contribution in [0, 0.1) is 5.92 Å². The van der Waals surface area contributed by atoms with Crippen LogP contribution in [-0.4, -0.2) is 112 Å². The number of nitrogens with zero attached hydrogens (tertiary/aromatic N) is 2. The van der Waals surface area contributed by atoms with Crippen LogP contribution in [0.25, 0.3) is 0 Å². The van der Waals surface area contributed by atoms with Crippen LogP contribution in [0.5, 0.6) is 0 Å². The molecule has 1 amide bonds. The molecule has 5 aliphatic rings. The number of aliphatic hydroxyl groups excluding tert-OH is 1. The molecule has 0 radical (unpaired) electrons. The minimum Gasteiger partial charge on any atom is -0.465 e. The molecule has 0 saturated carbocycles. The van der Waals surface area contributed by atoms with Gasteiger partial charge in [-0.15, -0.1) is 0 Å². The molecule has 2 spiro atoms. The van der Waals surface area contributed by atoms with E-state index in [2.05, 4.69) is 36.6 Å². The van der Waals surface area contributed by atoms with E-state index in [0.29, 0.717) is 58.5 Å². The van der Waals surface area contributed by atoms with E-state index in [-0.39, 0.29) is 30.1 Å². The van der Waals surface area contributed by atoms with Crippen LogP contribution >= 0.6 is 0 Å². The molecule has 0 aromatic rings. The highest BCUT2D eigenvalue weighted by Gasteiger charge is 2.71. The van der Waals surface area contributed by atoms with E-state index in [9.17, 15) is 19.8 Å². The molecule has 0 aromatic carbocycles. The summed E-state index contributed by atoms with van der Waals surface area (Å²) in [7, 11) is 0. The highest BCUT2D eigenvalue weighted by Crippen LogP contribution is 2.50. The molecule has 332 valence electrons. The Hall–Kier alpha value is -2.29. The number of carbonyl (C=O) groups excluding carboxylic acids is 2. The standard InChI is InChI=1S/C45H80N6O7/c1-3-38-22-16-17-26-43(58-38)33-36-24-28-45(55)40(44(27-19-21-35(2)57-44)49-42(48-43)51(36)45)41(54)56-32-18-14-12-10-8-6-4-5-7-9-11-13-15-23-39(53)50(31-20-29-46)34-37(52)25-30-47/h16,22,35-38,40,52,55H,3-15,17-21,23-34,46-47H2,1-2H3,(H,48,49)/p+1/t35-,36+,37?,38+,40-,43+,44-,45+/m0/s1. The quantitative estimate of drug-likeness (QED) is 0.0299. The van der Waals surface area contributed by atoms with Crippen molar-refractivity contribution in [2.75, 3.05) is 32.8 Å². The highest BCUT2D eigenvalue weighted by atomic mass is 16.6. The Morgan fingerprint density at radius 1 is 0.931 bits per heavy atom. The van der Waals surface area contributed by atoms with Gasteiger partial charge in [-0.2, -0.15) is 0 Å². The smallest absolute Gasteiger partial charge is 0.353 e. The van der Waals surface area contributed by atoms with E-state index < -0.39 is 29.2 Å². The molecule has 5 rings (SSSR count). The van der Waals surface area contributed by atoms with Gasteiger partial charge in [0.15, 0.2) is 11.6 Å². The van der Waals surface area contributed by atoms with Crippen molar-refractivity contribution in [3.05, 3.63) is 12.2 Å². The summed E-state index contributed by atoms with van der Waals surface area (Å²) in [5, 5.41) is 30.1. The Balaban J connectivity index is 0.963. The second-order valence-corrected chi connectivity index (χ2v) is 18.1. The van der Waals surface area contributed by atoms with Crippen molar-refractivity contribution in [3.8, 4) is 0 Å². The molecule has 1 unspecified atom stereocenters. The molecule has 13 nitrogen and oxygen atoms in total. The van der Waals surface area contributed by atoms with Gasteiger partial charge in [-0.1, -0.05) is 89.7 Å². The molecule has 13 heteroatoms. The van der Waals surface area contributed by atoms with E-state index in [0.717, 1.165) is 95.9 Å². The Morgan fingerprint density at radius 3 is 2.28 bits per heavy atom. The number of nitrogens with two attached hydrogens (primary N) is 2. The fourth-order valence-corrected chi connectivity index (χ4v) is 10.3. The first-order valence-corrected chi connectivity index (χ1v) is 23.6. The van der Waals surface area contributed by atoms with Gasteiger partial charge in [0.05, 0.1) is 31.0 Å². The lowest BCUT2D eigenvalue weighted by molar-refractivity contribution is -0.690. The number of aliphatic hydroxyl groups is 2. The molecule has 5 aliphatic heterocycles. The number of nitrogens with one attached hydrogen (secondary N) is 2. The normalized spacial score (nSPS) is 30.8. The largest absolute Gasteiger partial charge is 0.465 e. The number of allylic oxidation sites excluding steroid dienone is 1. The molecule has 8 atom stereocenters. The Morgan fingerprint density at radius 2 is 1.62 bits per heavy atom. The average Bonchev–Trinajstić information content (AvgIpc) is 3.40. The predicted octanol–water partition coefficient (Wildman–Crippen LogP) is 5.44. The van der Waals surface area contributed by atoms with Crippen molar-refractivity contribution in [1.82, 2.24) is 15.5 Å². The molecular formula is C45H81N6O7+. The van der Waals surface area contributed by atoms with Crippen LogP contribution < -0.4 is 22.1 Å². The van der Waals surface area contributed by atoms with E-state index in [1.54, 1.807) is 4.90 Å². The van der Waals surface area contributed by atoms with Gasteiger partial charge in [0, 0.05) is 45.2 Å². The van der Waals surface area contributed by atoms with Crippen molar-refractivity contribution >= 4 is 17.8 Å². The summed E-state index contributed by atoms with van der Waals surface area (Å²) < 4.78 is 21.5. The lowest BCUT2D eigenvalue weighted by Crippen LogP contribution is -2.79. The fourth-order valence-electron chi connectivity index (χ4n) is 10.3. The average molecular weight is 818 g/mol. The molecule has 58 heavy (non-hydrogen) atoms. The number of unbranched alkanes of at least 4 members (excludes halogenated alkanes) is 12. The molecule has 0 aliphatic carbocycles. The van der Waals surface area contributed by atoms with Crippen molar-refractivity contribution in [3.63, 3.8) is 0 Å². The minimum atomic E-state index is -1.40. The maximum absolute atomic E-state index is 14.1. The Labute approximate surface area is 349 Å². The number of carbonyl (C=O) groups is 2. The zero-order valence-corrected chi connectivity index (χ0v) is 36.2. The van der Waals surface area contributed by atoms with Gasteiger partial charge >= 0.3 is 11.9 Å². The van der Waals surface area contributed by atoms with Gasteiger partial charge in [0.25, 0.3) is 0 Å². The summed E-state index contributed by atoms with van der Waals surface area (Å²) >= 11 is 0. The van der Waals surface area contributed by atoms with Crippen LogP contribution in [-0.2, 0) is 23.8 Å². The first-order valence-electron chi connectivity index (χ1n) is 23.6. The molecule has 8 N–H and O–H groups in total. The number of guanidine groups is 1. The van der Waals surface area contributed by atoms with Crippen LogP contribution in [0.15, 0.2) is 12.2 Å². The van der Waals surface area contributed by atoms with Gasteiger partial charge in [0.1, 0.15) is 0 Å². The van der Waals surface area contributed by atoms with Crippen LogP contribution in [0.2, 0.25) is 0 Å². The maximum Gasteiger partial charge on any atom is 0.353 e. The number of ether oxygens (including phenoxy) is 3. The maximum atomic E-state index is 14.1. The molecule has 0 bridgehead atoms. The molecule has 2 fully saturated rings. The number of hydrogen-bond acceptors (Lipinski definition) is 11. The van der Waals surface area contributed by atoms with E-state index >= 15 is 0 Å². The topological polar surface area (TPSA) is 185 Å². The predicted molar refractivity (Wildman–Crippen MR) is 227 cm³/mol. The number of hydrogen-bond donors (Lipinski definition) is 6. The van der Waals surface area contributed by atoms with Crippen LogP contribution in [0.1, 0.15) is 174 Å². The van der Waals surface area contributed by atoms with Crippen molar-refractivity contribution < 1.29 is 38.6 Å². The lowest BCUT2D eigenvalue weighted by Gasteiger charge is -2.52. The Kier molecular flexibility index (Phi) is 18.6. The minimum absolute atomic E-state index is 0.0389. The van der Waals surface area contributed by atoms with Crippen molar-refractivity contribution in [2.24, 2.45) is 17.4 Å². The first-order chi connectivity index (χ1) is 28.1. The van der Waals surface area contributed by atoms with Crippen LogP contribution in [0.3, 0.4) is 0 Å². The van der Waals surface area contributed by atoms with E-state index in [4.69, 9.17) is 25.7 Å². The summed E-state index contributed by atoms with van der Waals surface area (Å²) in [6.45, 7) is 6.46.